The molecule has 0 aromatic heterocycles. The van der Waals surface area contributed by atoms with E-state index in [1.807, 2.05) is 37.0 Å². The Morgan fingerprint density at radius 2 is 1.75 bits per heavy atom. The van der Waals surface area contributed by atoms with Crippen LogP contribution in [0.1, 0.15) is 99.8 Å². The summed E-state index contributed by atoms with van der Waals surface area (Å²) in [6.45, 7) is 12.5. The fourth-order valence-electron chi connectivity index (χ4n) is 7.17. The molecule has 0 unspecified atom stereocenters. The number of hydrogen-bond donors (Lipinski definition) is 4. The standard InChI is InChI=1S/C41H61N3O7/c1-10-11-29-23-34(50-9)32(35-24-33(46)37(47)36(25-45)51-35)22-30(29)21-28-13-12-27(20-26(28)2)14-17-40(3,4)38(48)42-41(5,6)39(49)44-18-15-31(16-19-44)43(7)8/h12-14,17,20,22-23,31,33,35-37,45-47H,10-11,15-16,18-19,21,24-25H2,1-9H3,(H,42,48)/b17-14+/t33-,35-,36-,37-/m1/s1. The van der Waals surface area contributed by atoms with E-state index >= 15 is 0 Å². The summed E-state index contributed by atoms with van der Waals surface area (Å²) in [4.78, 5) is 31.0. The molecule has 2 heterocycles. The van der Waals surface area contributed by atoms with Crippen molar-refractivity contribution in [2.45, 2.75) is 116 Å². The van der Waals surface area contributed by atoms with Gasteiger partial charge in [0.2, 0.25) is 11.8 Å². The molecule has 0 bridgehead atoms. The number of likely N-dealkylation sites (tertiary alicyclic amines) is 1. The average Bonchev–Trinajstić information content (AvgIpc) is 3.09. The third-order valence-corrected chi connectivity index (χ3v) is 10.6. The lowest BCUT2D eigenvalue weighted by atomic mass is 9.87. The van der Waals surface area contributed by atoms with Gasteiger partial charge in [0, 0.05) is 31.1 Å². The second kappa shape index (κ2) is 17.0. The summed E-state index contributed by atoms with van der Waals surface area (Å²) >= 11 is 0. The minimum absolute atomic E-state index is 0.0536. The summed E-state index contributed by atoms with van der Waals surface area (Å²) < 4.78 is 11.8. The second-order valence-corrected chi connectivity index (χ2v) is 15.7. The molecule has 282 valence electrons. The van der Waals surface area contributed by atoms with E-state index in [0.717, 1.165) is 53.5 Å². The molecule has 2 aromatic carbocycles. The number of amides is 2. The Bertz CT molecular complexity index is 1540. The predicted octanol–water partition coefficient (Wildman–Crippen LogP) is 4.58. The SMILES string of the molecule is CCCc1cc(OC)c([C@H]2C[C@@H](O)[C@@H](O)[C@@H](CO)O2)cc1Cc1ccc(/C=C/C(C)(C)C(=O)NC(C)(C)C(=O)N2CCC(N(C)C)CC2)cc1C. The van der Waals surface area contributed by atoms with Crippen molar-refractivity contribution in [2.75, 3.05) is 40.9 Å². The zero-order chi connectivity index (χ0) is 37.7. The molecule has 10 nitrogen and oxygen atoms in total. The quantitative estimate of drug-likeness (QED) is 0.238. The van der Waals surface area contributed by atoms with Crippen molar-refractivity contribution in [1.29, 1.82) is 0 Å². The lowest BCUT2D eigenvalue weighted by Gasteiger charge is -2.39. The number of aryl methyl sites for hydroxylation is 2. The van der Waals surface area contributed by atoms with Gasteiger partial charge >= 0.3 is 0 Å². The number of rotatable bonds is 13. The molecule has 2 aliphatic heterocycles. The molecule has 4 N–H and O–H groups in total. The molecule has 51 heavy (non-hydrogen) atoms. The van der Waals surface area contributed by atoms with E-state index in [4.69, 9.17) is 9.47 Å². The number of carbonyl (C=O) groups excluding carboxylic acids is 2. The van der Waals surface area contributed by atoms with Gasteiger partial charge in [-0.15, -0.1) is 0 Å². The summed E-state index contributed by atoms with van der Waals surface area (Å²) in [5.74, 6) is 0.400. The molecule has 0 aliphatic carbocycles. The molecule has 0 saturated carbocycles. The Balaban J connectivity index is 1.48. The van der Waals surface area contributed by atoms with Gasteiger partial charge in [-0.3, -0.25) is 9.59 Å². The molecule has 0 radical (unpaired) electrons. The van der Waals surface area contributed by atoms with E-state index in [0.29, 0.717) is 31.3 Å². The number of hydrogen-bond acceptors (Lipinski definition) is 8. The fraction of sp³-hybridized carbons (Fsp3) is 0.610. The van der Waals surface area contributed by atoms with Crippen LogP contribution >= 0.6 is 0 Å². The minimum atomic E-state index is -1.15. The first-order valence-corrected chi connectivity index (χ1v) is 18.4. The molecular formula is C41H61N3O7. The predicted molar refractivity (Wildman–Crippen MR) is 201 cm³/mol. The third kappa shape index (κ3) is 9.78. The van der Waals surface area contributed by atoms with Crippen molar-refractivity contribution >= 4 is 17.9 Å². The maximum atomic E-state index is 13.5. The number of ether oxygens (including phenoxy) is 2. The van der Waals surface area contributed by atoms with Crippen molar-refractivity contribution in [2.24, 2.45) is 5.41 Å². The first-order valence-electron chi connectivity index (χ1n) is 18.4. The highest BCUT2D eigenvalue weighted by Crippen LogP contribution is 2.39. The van der Waals surface area contributed by atoms with Crippen LogP contribution in [0.25, 0.3) is 6.08 Å². The van der Waals surface area contributed by atoms with Crippen molar-refractivity contribution in [3.8, 4) is 5.75 Å². The van der Waals surface area contributed by atoms with Crippen molar-refractivity contribution in [3.63, 3.8) is 0 Å². The zero-order valence-corrected chi connectivity index (χ0v) is 32.2. The first kappa shape index (κ1) is 40.5. The van der Waals surface area contributed by atoms with Crippen molar-refractivity contribution in [3.05, 3.63) is 69.8 Å². The van der Waals surface area contributed by atoms with Gasteiger partial charge < -0.3 is 39.9 Å². The zero-order valence-electron chi connectivity index (χ0n) is 32.2. The molecule has 4 atom stereocenters. The lowest BCUT2D eigenvalue weighted by molar-refractivity contribution is -0.181. The fourth-order valence-corrected chi connectivity index (χ4v) is 7.17. The molecule has 2 aromatic rings. The second-order valence-electron chi connectivity index (χ2n) is 15.7. The van der Waals surface area contributed by atoms with Gasteiger partial charge in [0.05, 0.1) is 31.3 Å². The van der Waals surface area contributed by atoms with Gasteiger partial charge in [-0.1, -0.05) is 43.7 Å². The Kier molecular flexibility index (Phi) is 13.5. The Hall–Kier alpha value is -3.28. The van der Waals surface area contributed by atoms with Crippen molar-refractivity contribution < 1.29 is 34.4 Å². The summed E-state index contributed by atoms with van der Waals surface area (Å²) in [7, 11) is 5.76. The van der Waals surface area contributed by atoms with Crippen LogP contribution in [0.3, 0.4) is 0 Å². The highest BCUT2D eigenvalue weighted by molar-refractivity contribution is 5.93. The molecule has 0 spiro atoms. The number of aliphatic hydroxyl groups is 3. The van der Waals surface area contributed by atoms with E-state index in [1.54, 1.807) is 21.0 Å². The number of piperidine rings is 1. The summed E-state index contributed by atoms with van der Waals surface area (Å²) in [5, 5.41) is 33.6. The summed E-state index contributed by atoms with van der Waals surface area (Å²) in [6.07, 6.45) is 4.81. The third-order valence-electron chi connectivity index (χ3n) is 10.6. The highest BCUT2D eigenvalue weighted by Gasteiger charge is 2.39. The topological polar surface area (TPSA) is 132 Å². The monoisotopic (exact) mass is 707 g/mol. The molecular weight excluding hydrogens is 646 g/mol. The molecule has 2 aliphatic rings. The van der Waals surface area contributed by atoms with E-state index in [2.05, 4.69) is 62.4 Å². The summed E-state index contributed by atoms with van der Waals surface area (Å²) in [5.41, 5.74) is 4.44. The van der Waals surface area contributed by atoms with Crippen LogP contribution in [0.15, 0.2) is 36.4 Å². The lowest BCUT2D eigenvalue weighted by Crippen LogP contribution is -2.59. The smallest absolute Gasteiger partial charge is 0.247 e. The normalized spacial score (nSPS) is 22.1. The number of aliphatic hydroxyl groups excluding tert-OH is 3. The maximum absolute atomic E-state index is 13.5. The summed E-state index contributed by atoms with van der Waals surface area (Å²) in [6, 6.07) is 10.9. The molecule has 10 heteroatoms. The number of nitrogens with zero attached hydrogens (tertiary/aromatic N) is 2. The van der Waals surface area contributed by atoms with Gasteiger partial charge in [0.25, 0.3) is 0 Å². The van der Waals surface area contributed by atoms with Gasteiger partial charge in [0.1, 0.15) is 23.5 Å². The number of carbonyl (C=O) groups is 2. The van der Waals surface area contributed by atoms with Gasteiger partial charge in [-0.25, -0.2) is 0 Å². The number of methoxy groups -OCH3 is 1. The molecule has 4 rings (SSSR count). The van der Waals surface area contributed by atoms with Crippen LogP contribution in [0.2, 0.25) is 0 Å². The van der Waals surface area contributed by atoms with Crippen LogP contribution in [-0.4, -0.2) is 108 Å². The first-order chi connectivity index (χ1) is 24.0. The molecule has 2 amide bonds. The van der Waals surface area contributed by atoms with Gasteiger partial charge in [-0.05, 0) is 114 Å². The van der Waals surface area contributed by atoms with E-state index in [1.165, 1.54) is 5.56 Å². The van der Waals surface area contributed by atoms with Crippen LogP contribution in [0.4, 0.5) is 0 Å². The van der Waals surface area contributed by atoms with E-state index in [-0.39, 0.29) is 18.2 Å². The molecule has 2 saturated heterocycles. The number of benzene rings is 2. The van der Waals surface area contributed by atoms with Crippen LogP contribution in [0.5, 0.6) is 5.75 Å². The van der Waals surface area contributed by atoms with Gasteiger partial charge in [0.15, 0.2) is 0 Å². The van der Waals surface area contributed by atoms with E-state index < -0.39 is 42.0 Å². The largest absolute Gasteiger partial charge is 0.496 e. The Morgan fingerprint density at radius 3 is 2.33 bits per heavy atom. The number of nitrogens with one attached hydrogen (secondary N) is 1. The van der Waals surface area contributed by atoms with Crippen LogP contribution < -0.4 is 10.1 Å². The van der Waals surface area contributed by atoms with Crippen LogP contribution in [0, 0.1) is 12.3 Å². The maximum Gasteiger partial charge on any atom is 0.247 e. The van der Waals surface area contributed by atoms with Crippen molar-refractivity contribution in [1.82, 2.24) is 15.1 Å². The Labute approximate surface area is 304 Å². The van der Waals surface area contributed by atoms with E-state index in [9.17, 15) is 24.9 Å². The average molecular weight is 708 g/mol. The molecule has 2 fully saturated rings. The van der Waals surface area contributed by atoms with Crippen LogP contribution in [-0.2, 0) is 27.2 Å². The Morgan fingerprint density at radius 1 is 1.06 bits per heavy atom. The van der Waals surface area contributed by atoms with Gasteiger partial charge in [-0.2, -0.15) is 0 Å². The highest BCUT2D eigenvalue weighted by atomic mass is 16.5. The minimum Gasteiger partial charge on any atom is -0.496 e.